The Balaban J connectivity index is 2.00. The molecule has 0 saturated carbocycles. The summed E-state index contributed by atoms with van der Waals surface area (Å²) in [6.45, 7) is 0.418. The van der Waals surface area contributed by atoms with Crippen LogP contribution in [0.5, 0.6) is 5.75 Å². The van der Waals surface area contributed by atoms with Crippen LogP contribution >= 0.6 is 11.8 Å². The topological polar surface area (TPSA) is 44.1 Å². The molecular weight excluding hydrogens is 320 g/mol. The average molecular weight is 338 g/mol. The molecule has 4 nitrogen and oxygen atoms in total. The molecule has 0 bridgehead atoms. The Morgan fingerprint density at radius 2 is 1.79 bits per heavy atom. The normalized spacial score (nSPS) is 10.6. The van der Waals surface area contributed by atoms with Crippen molar-refractivity contribution in [3.05, 3.63) is 76.7 Å². The minimum Gasteiger partial charge on any atom is -0.491 e. The number of thioether (sulfide) groups is 1. The predicted molar refractivity (Wildman–Crippen MR) is 97.8 cm³/mol. The summed E-state index contributed by atoms with van der Waals surface area (Å²) in [5.74, 6) is 0.317. The Kier molecular flexibility index (Phi) is 5.01. The van der Waals surface area contributed by atoms with Crippen LogP contribution in [0, 0.1) is 0 Å². The van der Waals surface area contributed by atoms with Gasteiger partial charge in [0.05, 0.1) is 19.9 Å². The van der Waals surface area contributed by atoms with Crippen molar-refractivity contribution in [1.29, 1.82) is 0 Å². The predicted octanol–water partition coefficient (Wildman–Crippen LogP) is 3.69. The zero-order chi connectivity index (χ0) is 16.9. The molecule has 24 heavy (non-hydrogen) atoms. The third-order valence-corrected chi connectivity index (χ3v) is 4.52. The summed E-state index contributed by atoms with van der Waals surface area (Å²) >= 11 is 1.68. The largest absolute Gasteiger partial charge is 0.491 e. The summed E-state index contributed by atoms with van der Waals surface area (Å²) in [4.78, 5) is 13.9. The van der Waals surface area contributed by atoms with Gasteiger partial charge in [0, 0.05) is 10.5 Å². The van der Waals surface area contributed by atoms with Crippen LogP contribution in [0.1, 0.15) is 5.56 Å². The molecule has 122 valence electrons. The smallest absolute Gasteiger partial charge is 0.310 e. The molecule has 0 aliphatic heterocycles. The summed E-state index contributed by atoms with van der Waals surface area (Å²) in [5, 5.41) is 4.32. The highest BCUT2D eigenvalue weighted by atomic mass is 32.2. The van der Waals surface area contributed by atoms with Crippen molar-refractivity contribution in [3.8, 4) is 16.9 Å². The molecule has 0 unspecified atom stereocenters. The molecule has 0 spiro atoms. The van der Waals surface area contributed by atoms with Crippen molar-refractivity contribution in [3.63, 3.8) is 0 Å². The molecule has 0 N–H and O–H groups in total. The van der Waals surface area contributed by atoms with Gasteiger partial charge in [0.2, 0.25) is 0 Å². The third kappa shape index (κ3) is 3.36. The minimum atomic E-state index is -0.229. The molecule has 3 aromatic rings. The molecular formula is C19H18N2O2S. The van der Waals surface area contributed by atoms with E-state index in [0.29, 0.717) is 17.9 Å². The summed E-state index contributed by atoms with van der Waals surface area (Å²) in [5.41, 5.74) is 2.42. The van der Waals surface area contributed by atoms with E-state index < -0.39 is 0 Å². The molecule has 0 radical (unpaired) electrons. The van der Waals surface area contributed by atoms with Gasteiger partial charge in [-0.2, -0.15) is 5.10 Å². The quantitative estimate of drug-likeness (QED) is 0.666. The second kappa shape index (κ2) is 7.36. The molecule has 0 atom stereocenters. The monoisotopic (exact) mass is 338 g/mol. The number of methoxy groups -OCH3 is 1. The molecule has 5 heteroatoms. The van der Waals surface area contributed by atoms with Gasteiger partial charge < -0.3 is 4.74 Å². The zero-order valence-electron chi connectivity index (χ0n) is 13.6. The SMILES string of the molecule is COc1c(-c2ccc(SC)cc2)cnn(Cc2ccccc2)c1=O. The first kappa shape index (κ1) is 16.3. The van der Waals surface area contributed by atoms with Gasteiger partial charge in [0.1, 0.15) is 0 Å². The maximum Gasteiger partial charge on any atom is 0.310 e. The number of aromatic nitrogens is 2. The van der Waals surface area contributed by atoms with E-state index in [1.54, 1.807) is 18.0 Å². The van der Waals surface area contributed by atoms with Crippen LogP contribution < -0.4 is 10.3 Å². The maximum atomic E-state index is 12.7. The Morgan fingerprint density at radius 1 is 1.08 bits per heavy atom. The lowest BCUT2D eigenvalue weighted by Crippen LogP contribution is -2.25. The Labute approximate surface area is 145 Å². The van der Waals surface area contributed by atoms with Crippen LogP contribution in [-0.2, 0) is 6.54 Å². The van der Waals surface area contributed by atoms with Crippen molar-refractivity contribution in [2.75, 3.05) is 13.4 Å². The molecule has 0 saturated heterocycles. The van der Waals surface area contributed by atoms with E-state index in [0.717, 1.165) is 11.1 Å². The van der Waals surface area contributed by atoms with Crippen molar-refractivity contribution >= 4 is 11.8 Å². The maximum absolute atomic E-state index is 12.7. The number of hydrogen-bond donors (Lipinski definition) is 0. The third-order valence-electron chi connectivity index (χ3n) is 3.78. The average Bonchev–Trinajstić information content (AvgIpc) is 2.64. The molecule has 0 aliphatic carbocycles. The van der Waals surface area contributed by atoms with Crippen molar-refractivity contribution < 1.29 is 4.74 Å². The van der Waals surface area contributed by atoms with E-state index in [1.807, 2.05) is 60.9 Å². The fraction of sp³-hybridized carbons (Fsp3) is 0.158. The van der Waals surface area contributed by atoms with Crippen molar-refractivity contribution in [2.24, 2.45) is 0 Å². The van der Waals surface area contributed by atoms with Crippen LogP contribution in [0.25, 0.3) is 11.1 Å². The highest BCUT2D eigenvalue weighted by Crippen LogP contribution is 2.27. The number of nitrogens with zero attached hydrogens (tertiary/aromatic N) is 2. The first-order chi connectivity index (χ1) is 11.7. The van der Waals surface area contributed by atoms with E-state index >= 15 is 0 Å². The van der Waals surface area contributed by atoms with E-state index in [1.165, 1.54) is 16.7 Å². The number of benzene rings is 2. The van der Waals surface area contributed by atoms with Crippen LogP contribution in [0.3, 0.4) is 0 Å². The van der Waals surface area contributed by atoms with Crippen LogP contribution in [-0.4, -0.2) is 23.1 Å². The van der Waals surface area contributed by atoms with Gasteiger partial charge in [-0.25, -0.2) is 4.68 Å². The summed E-state index contributed by atoms with van der Waals surface area (Å²) in [6, 6.07) is 17.8. The van der Waals surface area contributed by atoms with Crippen molar-refractivity contribution in [1.82, 2.24) is 9.78 Å². The van der Waals surface area contributed by atoms with Gasteiger partial charge in [-0.15, -0.1) is 11.8 Å². The molecule has 0 amide bonds. The highest BCUT2D eigenvalue weighted by Gasteiger charge is 2.14. The molecule has 0 aliphatic rings. The standard InChI is InChI=1S/C19H18N2O2S/c1-23-18-17(15-8-10-16(24-2)11-9-15)12-20-21(19(18)22)13-14-6-4-3-5-7-14/h3-12H,13H2,1-2H3. The molecule has 1 aromatic heterocycles. The van der Waals surface area contributed by atoms with Gasteiger partial charge in [-0.1, -0.05) is 42.5 Å². The molecule has 2 aromatic carbocycles. The lowest BCUT2D eigenvalue weighted by molar-refractivity contribution is 0.400. The van der Waals surface area contributed by atoms with Gasteiger partial charge in [0.25, 0.3) is 0 Å². The van der Waals surface area contributed by atoms with Crippen LogP contribution in [0.2, 0.25) is 0 Å². The van der Waals surface area contributed by atoms with Gasteiger partial charge >= 0.3 is 5.56 Å². The van der Waals surface area contributed by atoms with E-state index in [-0.39, 0.29) is 5.56 Å². The Bertz CT molecular complexity index is 874. The highest BCUT2D eigenvalue weighted by molar-refractivity contribution is 7.98. The molecule has 1 heterocycles. The van der Waals surface area contributed by atoms with E-state index in [9.17, 15) is 4.79 Å². The van der Waals surface area contributed by atoms with Gasteiger partial charge in [0.15, 0.2) is 5.75 Å². The summed E-state index contributed by atoms with van der Waals surface area (Å²) in [6.07, 6.45) is 3.72. The Hall–Kier alpha value is -2.53. The van der Waals surface area contributed by atoms with Crippen molar-refractivity contribution in [2.45, 2.75) is 11.4 Å². The van der Waals surface area contributed by atoms with Gasteiger partial charge in [-0.05, 0) is 29.5 Å². The fourth-order valence-corrected chi connectivity index (χ4v) is 2.92. The minimum absolute atomic E-state index is 0.229. The fourth-order valence-electron chi connectivity index (χ4n) is 2.51. The number of hydrogen-bond acceptors (Lipinski definition) is 4. The van der Waals surface area contributed by atoms with E-state index in [2.05, 4.69) is 5.10 Å². The molecule has 0 fully saturated rings. The molecule has 3 rings (SSSR count). The second-order valence-electron chi connectivity index (χ2n) is 5.27. The summed E-state index contributed by atoms with van der Waals surface area (Å²) < 4.78 is 6.81. The zero-order valence-corrected chi connectivity index (χ0v) is 14.4. The Morgan fingerprint density at radius 3 is 2.42 bits per heavy atom. The van der Waals surface area contributed by atoms with Crippen LogP contribution in [0.4, 0.5) is 0 Å². The summed E-state index contributed by atoms with van der Waals surface area (Å²) in [7, 11) is 1.52. The number of ether oxygens (including phenoxy) is 1. The van der Waals surface area contributed by atoms with E-state index in [4.69, 9.17) is 4.74 Å². The number of rotatable bonds is 5. The first-order valence-corrected chi connectivity index (χ1v) is 8.78. The van der Waals surface area contributed by atoms with Crippen LogP contribution in [0.15, 0.2) is 70.5 Å². The lowest BCUT2D eigenvalue weighted by atomic mass is 10.1. The lowest BCUT2D eigenvalue weighted by Gasteiger charge is -2.11. The first-order valence-electron chi connectivity index (χ1n) is 7.55. The van der Waals surface area contributed by atoms with Gasteiger partial charge in [-0.3, -0.25) is 4.79 Å². The second-order valence-corrected chi connectivity index (χ2v) is 6.15.